The third-order valence-corrected chi connectivity index (χ3v) is 6.04. The van der Waals surface area contributed by atoms with Gasteiger partial charge in [-0.3, -0.25) is 0 Å². The van der Waals surface area contributed by atoms with Crippen LogP contribution in [-0.2, 0) is 11.0 Å². The molecule has 0 amide bonds. The molecule has 1 saturated carbocycles. The van der Waals surface area contributed by atoms with Gasteiger partial charge in [0.05, 0.1) is 5.60 Å². The molecule has 2 fully saturated rings. The van der Waals surface area contributed by atoms with Gasteiger partial charge in [-0.15, -0.1) is 0 Å². The van der Waals surface area contributed by atoms with Crippen LogP contribution in [0.5, 0.6) is 0 Å². The largest absolute Gasteiger partial charge is 0.385 e. The lowest BCUT2D eigenvalue weighted by atomic mass is 9.84. The fraction of sp³-hybridized carbons (Fsp3) is 0.500. The van der Waals surface area contributed by atoms with Crippen LogP contribution < -0.4 is 4.90 Å². The summed E-state index contributed by atoms with van der Waals surface area (Å²) in [6.07, 6.45) is 3.57. The van der Waals surface area contributed by atoms with Crippen molar-refractivity contribution in [3.05, 3.63) is 59.8 Å². The summed E-state index contributed by atoms with van der Waals surface area (Å²) in [5.74, 6) is 2.17. The molecule has 1 aliphatic heterocycles. The molecular formula is C22H28N2O. The van der Waals surface area contributed by atoms with Crippen molar-refractivity contribution in [1.29, 1.82) is 0 Å². The normalized spacial score (nSPS) is 29.0. The maximum atomic E-state index is 11.3. The van der Waals surface area contributed by atoms with Crippen LogP contribution in [0.1, 0.15) is 44.7 Å². The Labute approximate surface area is 150 Å². The number of aromatic nitrogens is 1. The topological polar surface area (TPSA) is 36.4 Å². The van der Waals surface area contributed by atoms with Crippen molar-refractivity contribution >= 4 is 5.82 Å². The molecular weight excluding hydrogens is 308 g/mol. The van der Waals surface area contributed by atoms with Crippen LogP contribution in [0.3, 0.4) is 0 Å². The molecule has 1 saturated heterocycles. The van der Waals surface area contributed by atoms with Gasteiger partial charge in [-0.05, 0) is 53.4 Å². The van der Waals surface area contributed by atoms with Crippen molar-refractivity contribution in [1.82, 2.24) is 4.98 Å². The van der Waals surface area contributed by atoms with Crippen molar-refractivity contribution in [2.75, 3.05) is 18.0 Å². The zero-order valence-corrected chi connectivity index (χ0v) is 15.4. The molecule has 0 spiro atoms. The number of pyridine rings is 1. The maximum absolute atomic E-state index is 11.3. The molecule has 0 bridgehead atoms. The molecule has 2 aromatic rings. The minimum atomic E-state index is -0.665. The average molecular weight is 336 g/mol. The Morgan fingerprint density at radius 1 is 1.00 bits per heavy atom. The van der Waals surface area contributed by atoms with E-state index in [1.54, 1.807) is 0 Å². The Balaban J connectivity index is 1.48. The van der Waals surface area contributed by atoms with Gasteiger partial charge in [0, 0.05) is 19.3 Å². The third-order valence-electron chi connectivity index (χ3n) is 6.04. The number of benzene rings is 1. The Morgan fingerprint density at radius 3 is 2.16 bits per heavy atom. The van der Waals surface area contributed by atoms with Gasteiger partial charge in [0.25, 0.3) is 0 Å². The van der Waals surface area contributed by atoms with Crippen molar-refractivity contribution in [2.45, 2.75) is 44.6 Å². The summed E-state index contributed by atoms with van der Waals surface area (Å²) in [5, 5.41) is 11.3. The van der Waals surface area contributed by atoms with E-state index in [2.05, 4.69) is 61.0 Å². The summed E-state index contributed by atoms with van der Waals surface area (Å²) in [5.41, 5.74) is 1.89. The highest BCUT2D eigenvalue weighted by Crippen LogP contribution is 2.49. The van der Waals surface area contributed by atoms with E-state index in [9.17, 15) is 5.11 Å². The smallest absolute Gasteiger partial charge is 0.128 e. The fourth-order valence-corrected chi connectivity index (χ4v) is 4.60. The molecule has 1 aromatic heterocycles. The summed E-state index contributed by atoms with van der Waals surface area (Å²) in [4.78, 5) is 6.85. The van der Waals surface area contributed by atoms with Gasteiger partial charge in [-0.2, -0.15) is 0 Å². The highest BCUT2D eigenvalue weighted by atomic mass is 16.3. The van der Waals surface area contributed by atoms with Crippen LogP contribution in [0.15, 0.2) is 48.7 Å². The van der Waals surface area contributed by atoms with Crippen LogP contribution in [0.2, 0.25) is 0 Å². The van der Waals surface area contributed by atoms with Gasteiger partial charge < -0.3 is 10.0 Å². The van der Waals surface area contributed by atoms with Crippen LogP contribution in [-0.4, -0.2) is 23.2 Å². The van der Waals surface area contributed by atoms with E-state index in [1.807, 2.05) is 18.3 Å². The van der Waals surface area contributed by atoms with Crippen LogP contribution in [0.25, 0.3) is 0 Å². The zero-order valence-electron chi connectivity index (χ0n) is 15.4. The van der Waals surface area contributed by atoms with Crippen molar-refractivity contribution in [3.63, 3.8) is 0 Å². The second-order valence-electron chi connectivity index (χ2n) is 8.88. The predicted octanol–water partition coefficient (Wildman–Crippen LogP) is 4.11. The Kier molecular flexibility index (Phi) is 3.88. The van der Waals surface area contributed by atoms with E-state index in [1.165, 1.54) is 5.56 Å². The summed E-state index contributed by atoms with van der Waals surface area (Å²) in [6.45, 7) is 8.68. The maximum Gasteiger partial charge on any atom is 0.128 e. The van der Waals surface area contributed by atoms with Gasteiger partial charge in [0.2, 0.25) is 0 Å². The lowest BCUT2D eigenvalue weighted by Gasteiger charge is -2.28. The fourth-order valence-electron chi connectivity index (χ4n) is 4.60. The molecule has 25 heavy (non-hydrogen) atoms. The Bertz CT molecular complexity index is 719. The molecule has 2 aliphatic rings. The van der Waals surface area contributed by atoms with Gasteiger partial charge in [-0.1, -0.05) is 51.1 Å². The molecule has 132 valence electrons. The van der Waals surface area contributed by atoms with Gasteiger partial charge in [-0.25, -0.2) is 4.98 Å². The van der Waals surface area contributed by atoms with Gasteiger partial charge in [0.15, 0.2) is 0 Å². The van der Waals surface area contributed by atoms with E-state index in [-0.39, 0.29) is 5.41 Å². The second-order valence-corrected chi connectivity index (χ2v) is 8.88. The van der Waals surface area contributed by atoms with Crippen LogP contribution in [0, 0.1) is 11.8 Å². The lowest BCUT2D eigenvalue weighted by molar-refractivity contribution is 0.0365. The molecule has 3 atom stereocenters. The first-order chi connectivity index (χ1) is 11.9. The molecule has 3 heteroatoms. The summed E-state index contributed by atoms with van der Waals surface area (Å²) < 4.78 is 0. The SMILES string of the molecule is CC(C)(C)c1ccc([C@]2(O)C[C@H]3CN(c4ccccn4)C[C@H]3C2)cc1. The summed E-state index contributed by atoms with van der Waals surface area (Å²) >= 11 is 0. The Hall–Kier alpha value is -1.87. The highest BCUT2D eigenvalue weighted by molar-refractivity contribution is 5.41. The summed E-state index contributed by atoms with van der Waals surface area (Å²) in [6, 6.07) is 14.7. The highest BCUT2D eigenvalue weighted by Gasteiger charge is 2.49. The van der Waals surface area contributed by atoms with Crippen LogP contribution in [0.4, 0.5) is 5.82 Å². The average Bonchev–Trinajstić information content (AvgIpc) is 3.11. The third kappa shape index (κ3) is 3.06. The Morgan fingerprint density at radius 2 is 1.64 bits per heavy atom. The number of aliphatic hydroxyl groups is 1. The van der Waals surface area contributed by atoms with Gasteiger partial charge in [0.1, 0.15) is 5.82 Å². The van der Waals surface area contributed by atoms with E-state index in [4.69, 9.17) is 0 Å². The number of fused-ring (bicyclic) bond motifs is 1. The standard InChI is InChI=1S/C22H28N2O/c1-21(2,3)18-7-9-19(10-8-18)22(25)12-16-14-24(15-17(16)13-22)20-6-4-5-11-23-20/h4-11,16-17,25H,12-15H2,1-3H3/t16-,17+,22-. The first-order valence-electron chi connectivity index (χ1n) is 9.34. The van der Waals surface area contributed by atoms with Crippen LogP contribution >= 0.6 is 0 Å². The van der Waals surface area contributed by atoms with E-state index in [0.29, 0.717) is 11.8 Å². The molecule has 1 aromatic carbocycles. The van der Waals surface area contributed by atoms with Gasteiger partial charge >= 0.3 is 0 Å². The molecule has 0 unspecified atom stereocenters. The monoisotopic (exact) mass is 336 g/mol. The number of hydrogen-bond acceptors (Lipinski definition) is 3. The molecule has 3 nitrogen and oxygen atoms in total. The molecule has 1 N–H and O–H groups in total. The molecule has 2 heterocycles. The van der Waals surface area contributed by atoms with Crippen molar-refractivity contribution in [3.8, 4) is 0 Å². The minimum Gasteiger partial charge on any atom is -0.385 e. The number of anilines is 1. The summed E-state index contributed by atoms with van der Waals surface area (Å²) in [7, 11) is 0. The van der Waals surface area contributed by atoms with Crippen molar-refractivity contribution in [2.24, 2.45) is 11.8 Å². The zero-order chi connectivity index (χ0) is 17.7. The van der Waals surface area contributed by atoms with E-state index < -0.39 is 5.60 Å². The molecule has 1 aliphatic carbocycles. The minimum absolute atomic E-state index is 0.149. The number of hydrogen-bond donors (Lipinski definition) is 1. The van der Waals surface area contributed by atoms with Crippen molar-refractivity contribution < 1.29 is 5.11 Å². The first kappa shape index (κ1) is 16.6. The first-order valence-corrected chi connectivity index (χ1v) is 9.34. The second kappa shape index (κ2) is 5.84. The lowest BCUT2D eigenvalue weighted by Crippen LogP contribution is -2.28. The quantitative estimate of drug-likeness (QED) is 0.896. The molecule has 4 rings (SSSR count). The van der Waals surface area contributed by atoms with E-state index >= 15 is 0 Å². The van der Waals surface area contributed by atoms with E-state index in [0.717, 1.165) is 37.3 Å². The molecule has 0 radical (unpaired) electrons. The predicted molar refractivity (Wildman–Crippen MR) is 102 cm³/mol. The number of rotatable bonds is 2. The number of nitrogens with zero attached hydrogens (tertiary/aromatic N) is 2.